The minimum atomic E-state index is -0.394. The molecule has 2 rings (SSSR count). The van der Waals surface area contributed by atoms with Crippen LogP contribution in [-0.2, 0) is 9.53 Å². The average molecular weight is 245 g/mol. The third-order valence-corrected chi connectivity index (χ3v) is 2.45. The molecule has 0 aliphatic carbocycles. The van der Waals surface area contributed by atoms with E-state index in [1.54, 1.807) is 25.3 Å². The highest BCUT2D eigenvalue weighted by molar-refractivity contribution is 6.11. The molecule has 1 aromatic rings. The molecule has 0 spiro atoms. The highest BCUT2D eigenvalue weighted by Gasteiger charge is 2.24. The Labute approximate surface area is 106 Å². The van der Waals surface area contributed by atoms with Crippen LogP contribution in [0.25, 0.3) is 0 Å². The van der Waals surface area contributed by atoms with Gasteiger partial charge in [-0.05, 0) is 36.3 Å². The number of hydrogen-bond acceptors (Lipinski definition) is 4. The molecular formula is C14H15NO3. The molecule has 0 fully saturated rings. The van der Waals surface area contributed by atoms with Gasteiger partial charge >= 0.3 is 5.97 Å². The molecule has 1 aliphatic rings. The Morgan fingerprint density at radius 2 is 1.94 bits per heavy atom. The fraction of sp³-hybridized carbons (Fsp3) is 0.286. The van der Waals surface area contributed by atoms with Gasteiger partial charge in [0.25, 0.3) is 0 Å². The molecule has 18 heavy (non-hydrogen) atoms. The first-order valence-electron chi connectivity index (χ1n) is 5.77. The van der Waals surface area contributed by atoms with Gasteiger partial charge in [0.05, 0.1) is 7.11 Å². The Balaban J connectivity index is 2.26. The van der Waals surface area contributed by atoms with Crippen molar-refractivity contribution in [2.45, 2.75) is 13.8 Å². The zero-order valence-electron chi connectivity index (χ0n) is 10.6. The van der Waals surface area contributed by atoms with E-state index in [2.05, 4.69) is 4.99 Å². The Morgan fingerprint density at radius 3 is 2.50 bits per heavy atom. The van der Waals surface area contributed by atoms with Crippen LogP contribution in [0.5, 0.6) is 5.75 Å². The molecule has 0 radical (unpaired) electrons. The maximum atomic E-state index is 11.6. The Kier molecular flexibility index (Phi) is 3.46. The van der Waals surface area contributed by atoms with Crippen molar-refractivity contribution in [2.24, 2.45) is 10.9 Å². The molecule has 0 aromatic heterocycles. The summed E-state index contributed by atoms with van der Waals surface area (Å²) in [6, 6.07) is 7.22. The molecule has 0 atom stereocenters. The highest BCUT2D eigenvalue weighted by Crippen LogP contribution is 2.19. The van der Waals surface area contributed by atoms with Crippen LogP contribution in [0, 0.1) is 5.92 Å². The molecule has 4 nitrogen and oxygen atoms in total. The number of esters is 1. The summed E-state index contributed by atoms with van der Waals surface area (Å²) < 4.78 is 10.2. The molecule has 0 saturated carbocycles. The number of rotatable bonds is 3. The molecular weight excluding hydrogens is 230 g/mol. The first-order valence-corrected chi connectivity index (χ1v) is 5.77. The van der Waals surface area contributed by atoms with Crippen LogP contribution in [-0.4, -0.2) is 19.0 Å². The number of carbonyl (C=O) groups is 1. The predicted octanol–water partition coefficient (Wildman–Crippen LogP) is 2.54. The van der Waals surface area contributed by atoms with Crippen LogP contribution < -0.4 is 4.74 Å². The molecule has 0 unspecified atom stereocenters. The van der Waals surface area contributed by atoms with E-state index in [0.717, 1.165) is 11.3 Å². The summed E-state index contributed by atoms with van der Waals surface area (Å²) in [6.45, 7) is 3.97. The molecule has 4 heteroatoms. The van der Waals surface area contributed by atoms with E-state index in [0.29, 0.717) is 11.6 Å². The molecule has 0 saturated heterocycles. The largest absolute Gasteiger partial charge is 0.497 e. The van der Waals surface area contributed by atoms with Gasteiger partial charge < -0.3 is 9.47 Å². The standard InChI is InChI=1S/C14H15NO3/c1-9(2)8-12-14(16)18-13(15-12)10-4-6-11(17-3)7-5-10/h4-9H,1-3H3/b12-8+. The van der Waals surface area contributed by atoms with Crippen molar-refractivity contribution in [3.8, 4) is 5.75 Å². The van der Waals surface area contributed by atoms with E-state index in [4.69, 9.17) is 9.47 Å². The first kappa shape index (κ1) is 12.4. The molecule has 1 aliphatic heterocycles. The zero-order chi connectivity index (χ0) is 13.1. The second kappa shape index (κ2) is 5.04. The van der Waals surface area contributed by atoms with Crippen LogP contribution in [0.3, 0.4) is 0 Å². The van der Waals surface area contributed by atoms with Gasteiger partial charge in [-0.25, -0.2) is 9.79 Å². The number of aliphatic imine (C=N–C) groups is 1. The predicted molar refractivity (Wildman–Crippen MR) is 68.5 cm³/mol. The summed E-state index contributed by atoms with van der Waals surface area (Å²) in [5, 5.41) is 0. The minimum Gasteiger partial charge on any atom is -0.497 e. The SMILES string of the molecule is COc1ccc(C2=N/C(=C/C(C)C)C(=O)O2)cc1. The summed E-state index contributed by atoms with van der Waals surface area (Å²) in [6.07, 6.45) is 1.79. The van der Waals surface area contributed by atoms with Gasteiger partial charge in [0.2, 0.25) is 5.90 Å². The topological polar surface area (TPSA) is 47.9 Å². The van der Waals surface area contributed by atoms with E-state index < -0.39 is 5.97 Å². The third kappa shape index (κ3) is 2.59. The number of methoxy groups -OCH3 is 1. The highest BCUT2D eigenvalue weighted by atomic mass is 16.6. The van der Waals surface area contributed by atoms with Gasteiger partial charge in [0.15, 0.2) is 0 Å². The number of cyclic esters (lactones) is 1. The van der Waals surface area contributed by atoms with Crippen molar-refractivity contribution in [3.05, 3.63) is 41.6 Å². The monoisotopic (exact) mass is 245 g/mol. The minimum absolute atomic E-state index is 0.256. The lowest BCUT2D eigenvalue weighted by atomic mass is 10.2. The molecule has 1 heterocycles. The fourth-order valence-corrected chi connectivity index (χ4v) is 1.60. The number of hydrogen-bond donors (Lipinski definition) is 0. The number of ether oxygens (including phenoxy) is 2. The van der Waals surface area contributed by atoms with Crippen LogP contribution in [0.1, 0.15) is 19.4 Å². The molecule has 0 N–H and O–H groups in total. The Bertz CT molecular complexity index is 512. The molecule has 1 aromatic carbocycles. The fourth-order valence-electron chi connectivity index (χ4n) is 1.60. The van der Waals surface area contributed by atoms with Gasteiger partial charge in [-0.2, -0.15) is 0 Å². The van der Waals surface area contributed by atoms with Crippen molar-refractivity contribution < 1.29 is 14.3 Å². The molecule has 94 valence electrons. The quantitative estimate of drug-likeness (QED) is 0.607. The van der Waals surface area contributed by atoms with Crippen LogP contribution in [0.2, 0.25) is 0 Å². The number of nitrogens with zero attached hydrogens (tertiary/aromatic N) is 1. The van der Waals surface area contributed by atoms with Gasteiger partial charge in [-0.15, -0.1) is 0 Å². The Hall–Kier alpha value is -2.10. The summed E-state index contributed by atoms with van der Waals surface area (Å²) in [7, 11) is 1.60. The molecule has 0 amide bonds. The third-order valence-electron chi connectivity index (χ3n) is 2.45. The second-order valence-electron chi connectivity index (χ2n) is 4.33. The summed E-state index contributed by atoms with van der Waals surface area (Å²) in [4.78, 5) is 15.8. The van der Waals surface area contributed by atoms with Gasteiger partial charge in [-0.3, -0.25) is 0 Å². The second-order valence-corrected chi connectivity index (χ2v) is 4.33. The maximum Gasteiger partial charge on any atom is 0.363 e. The summed E-state index contributed by atoms with van der Waals surface area (Å²) in [5.41, 5.74) is 1.13. The maximum absolute atomic E-state index is 11.6. The zero-order valence-corrected chi connectivity index (χ0v) is 10.6. The molecule has 0 bridgehead atoms. The summed E-state index contributed by atoms with van der Waals surface area (Å²) in [5.74, 6) is 0.956. The summed E-state index contributed by atoms with van der Waals surface area (Å²) >= 11 is 0. The van der Waals surface area contributed by atoms with E-state index in [1.165, 1.54) is 0 Å². The van der Waals surface area contributed by atoms with E-state index in [-0.39, 0.29) is 5.92 Å². The lowest BCUT2D eigenvalue weighted by Crippen LogP contribution is -2.05. The van der Waals surface area contributed by atoms with E-state index in [9.17, 15) is 4.79 Å². The number of carbonyl (C=O) groups excluding carboxylic acids is 1. The van der Waals surface area contributed by atoms with Crippen LogP contribution in [0.4, 0.5) is 0 Å². The lowest BCUT2D eigenvalue weighted by molar-refractivity contribution is -0.130. The van der Waals surface area contributed by atoms with Crippen LogP contribution in [0.15, 0.2) is 41.0 Å². The van der Waals surface area contributed by atoms with Crippen molar-refractivity contribution in [1.29, 1.82) is 0 Å². The van der Waals surface area contributed by atoms with E-state index in [1.807, 2.05) is 26.0 Å². The normalized spacial score (nSPS) is 17.0. The number of benzene rings is 1. The Morgan fingerprint density at radius 1 is 1.28 bits per heavy atom. The number of allylic oxidation sites excluding steroid dienone is 1. The van der Waals surface area contributed by atoms with Gasteiger partial charge in [0, 0.05) is 5.56 Å². The van der Waals surface area contributed by atoms with Crippen molar-refractivity contribution in [1.82, 2.24) is 0 Å². The first-order chi connectivity index (χ1) is 8.60. The van der Waals surface area contributed by atoms with Crippen molar-refractivity contribution >= 4 is 11.9 Å². The van der Waals surface area contributed by atoms with Crippen LogP contribution >= 0.6 is 0 Å². The van der Waals surface area contributed by atoms with E-state index >= 15 is 0 Å². The van der Waals surface area contributed by atoms with Crippen molar-refractivity contribution in [2.75, 3.05) is 7.11 Å². The van der Waals surface area contributed by atoms with Gasteiger partial charge in [0.1, 0.15) is 11.4 Å². The van der Waals surface area contributed by atoms with Gasteiger partial charge in [-0.1, -0.05) is 13.8 Å². The average Bonchev–Trinajstić information content (AvgIpc) is 2.70. The smallest absolute Gasteiger partial charge is 0.363 e. The lowest BCUT2D eigenvalue weighted by Gasteiger charge is -2.01. The van der Waals surface area contributed by atoms with Crippen molar-refractivity contribution in [3.63, 3.8) is 0 Å².